The molecule has 0 radical (unpaired) electrons. The van der Waals surface area contributed by atoms with E-state index in [0.29, 0.717) is 31.2 Å². The van der Waals surface area contributed by atoms with Gasteiger partial charge in [0, 0.05) is 12.0 Å². The Morgan fingerprint density at radius 2 is 2.04 bits per heavy atom. The van der Waals surface area contributed by atoms with Crippen molar-refractivity contribution in [2.45, 2.75) is 57.7 Å². The lowest BCUT2D eigenvalue weighted by Gasteiger charge is -2.39. The molecule has 25 heavy (non-hydrogen) atoms. The molecule has 1 aromatic carbocycles. The summed E-state index contributed by atoms with van der Waals surface area (Å²) in [7, 11) is 0. The fraction of sp³-hybridized carbons (Fsp3) is 0.611. The SMILES string of the molecule is CC(C)CCOc1cc(C(F)(F)F)c2[nH]c(C3CC(C)(O)C3)nc2c1. The summed E-state index contributed by atoms with van der Waals surface area (Å²) in [6, 6.07) is 2.57. The molecule has 0 aliphatic heterocycles. The summed E-state index contributed by atoms with van der Waals surface area (Å²) in [6.45, 7) is 6.14. The van der Waals surface area contributed by atoms with Gasteiger partial charge in [-0.2, -0.15) is 13.2 Å². The molecule has 0 saturated heterocycles. The number of hydrogen-bond donors (Lipinski definition) is 2. The van der Waals surface area contributed by atoms with E-state index >= 15 is 0 Å². The number of halogens is 3. The van der Waals surface area contributed by atoms with Crippen molar-refractivity contribution in [2.24, 2.45) is 5.92 Å². The van der Waals surface area contributed by atoms with Crippen molar-refractivity contribution >= 4 is 11.0 Å². The van der Waals surface area contributed by atoms with Crippen LogP contribution in [-0.4, -0.2) is 27.3 Å². The van der Waals surface area contributed by atoms with Crippen molar-refractivity contribution in [3.8, 4) is 5.75 Å². The van der Waals surface area contributed by atoms with Gasteiger partial charge in [0.2, 0.25) is 0 Å². The molecule has 2 N–H and O–H groups in total. The maximum atomic E-state index is 13.4. The molecule has 1 fully saturated rings. The minimum atomic E-state index is -4.50. The highest BCUT2D eigenvalue weighted by Gasteiger charge is 2.41. The first kappa shape index (κ1) is 18.0. The third-order valence-corrected chi connectivity index (χ3v) is 4.61. The molecule has 0 bridgehead atoms. The summed E-state index contributed by atoms with van der Waals surface area (Å²) in [5.74, 6) is 1.04. The van der Waals surface area contributed by atoms with Crippen molar-refractivity contribution in [3.63, 3.8) is 0 Å². The van der Waals surface area contributed by atoms with Gasteiger partial charge in [0.25, 0.3) is 0 Å². The van der Waals surface area contributed by atoms with Crippen LogP contribution in [0.2, 0.25) is 0 Å². The Morgan fingerprint density at radius 3 is 2.60 bits per heavy atom. The Hall–Kier alpha value is -1.76. The molecule has 1 aliphatic rings. The van der Waals surface area contributed by atoms with Crippen molar-refractivity contribution in [3.05, 3.63) is 23.5 Å². The van der Waals surface area contributed by atoms with E-state index in [2.05, 4.69) is 9.97 Å². The van der Waals surface area contributed by atoms with Gasteiger partial charge in [0.15, 0.2) is 0 Å². The quantitative estimate of drug-likeness (QED) is 0.821. The summed E-state index contributed by atoms with van der Waals surface area (Å²) in [4.78, 5) is 7.15. The Morgan fingerprint density at radius 1 is 1.36 bits per heavy atom. The van der Waals surface area contributed by atoms with Gasteiger partial charge in [0.1, 0.15) is 11.6 Å². The third-order valence-electron chi connectivity index (χ3n) is 4.61. The van der Waals surface area contributed by atoms with Crippen LogP contribution in [0.25, 0.3) is 11.0 Å². The largest absolute Gasteiger partial charge is 0.493 e. The normalized spacial score (nSPS) is 23.9. The number of hydrogen-bond acceptors (Lipinski definition) is 3. The standard InChI is InChI=1S/C18H23F3N2O2/c1-10(2)4-5-25-12-6-13(18(19,20)21)15-14(7-12)22-16(23-15)11-8-17(3,24)9-11/h6-7,10-11,24H,4-5,8-9H2,1-3H3,(H,22,23). The monoisotopic (exact) mass is 356 g/mol. The number of ether oxygens (including phenoxy) is 1. The van der Waals surface area contributed by atoms with Gasteiger partial charge in [-0.1, -0.05) is 13.8 Å². The molecule has 138 valence electrons. The lowest BCUT2D eigenvalue weighted by Crippen LogP contribution is -2.39. The van der Waals surface area contributed by atoms with E-state index in [0.717, 1.165) is 12.5 Å². The zero-order valence-corrected chi connectivity index (χ0v) is 14.6. The topological polar surface area (TPSA) is 58.1 Å². The van der Waals surface area contributed by atoms with Gasteiger partial charge in [-0.05, 0) is 38.2 Å². The van der Waals surface area contributed by atoms with Crippen molar-refractivity contribution in [2.75, 3.05) is 6.61 Å². The van der Waals surface area contributed by atoms with Gasteiger partial charge in [-0.25, -0.2) is 4.98 Å². The maximum absolute atomic E-state index is 13.4. The lowest BCUT2D eigenvalue weighted by atomic mass is 9.72. The highest BCUT2D eigenvalue weighted by Crippen LogP contribution is 2.45. The van der Waals surface area contributed by atoms with Gasteiger partial charge >= 0.3 is 6.18 Å². The van der Waals surface area contributed by atoms with E-state index in [1.54, 1.807) is 13.0 Å². The van der Waals surface area contributed by atoms with E-state index in [1.807, 2.05) is 13.8 Å². The van der Waals surface area contributed by atoms with Crippen LogP contribution in [0.15, 0.2) is 12.1 Å². The second kappa shape index (κ2) is 6.20. The maximum Gasteiger partial charge on any atom is 0.418 e. The van der Waals surface area contributed by atoms with E-state index in [9.17, 15) is 18.3 Å². The lowest BCUT2D eigenvalue weighted by molar-refractivity contribution is -0.136. The van der Waals surface area contributed by atoms with Crippen molar-refractivity contribution < 1.29 is 23.0 Å². The van der Waals surface area contributed by atoms with E-state index in [1.165, 1.54) is 0 Å². The van der Waals surface area contributed by atoms with Gasteiger partial charge in [0.05, 0.1) is 28.8 Å². The zero-order valence-electron chi connectivity index (χ0n) is 14.6. The van der Waals surface area contributed by atoms with Crippen molar-refractivity contribution in [1.29, 1.82) is 0 Å². The smallest absolute Gasteiger partial charge is 0.418 e. The molecule has 4 nitrogen and oxygen atoms in total. The predicted octanol–water partition coefficient (Wildman–Crippen LogP) is 4.64. The summed E-state index contributed by atoms with van der Waals surface area (Å²) < 4.78 is 45.8. The van der Waals surface area contributed by atoms with Crippen molar-refractivity contribution in [1.82, 2.24) is 9.97 Å². The summed E-state index contributed by atoms with van der Waals surface area (Å²) >= 11 is 0. The van der Waals surface area contributed by atoms with E-state index in [-0.39, 0.29) is 22.7 Å². The Bertz CT molecular complexity index is 758. The molecule has 1 aromatic heterocycles. The number of nitrogens with zero attached hydrogens (tertiary/aromatic N) is 1. The molecule has 1 saturated carbocycles. The zero-order chi connectivity index (χ0) is 18.4. The van der Waals surface area contributed by atoms with Crippen LogP contribution < -0.4 is 4.74 Å². The minimum absolute atomic E-state index is 0.0229. The number of fused-ring (bicyclic) bond motifs is 1. The van der Waals surface area contributed by atoms with Crippen LogP contribution in [-0.2, 0) is 6.18 Å². The third kappa shape index (κ3) is 3.92. The average Bonchev–Trinajstić information content (AvgIpc) is 2.85. The highest BCUT2D eigenvalue weighted by atomic mass is 19.4. The number of benzene rings is 1. The Balaban J connectivity index is 1.93. The second-order valence-electron chi connectivity index (χ2n) is 7.62. The van der Waals surface area contributed by atoms with E-state index in [4.69, 9.17) is 4.74 Å². The van der Waals surface area contributed by atoms with Gasteiger partial charge < -0.3 is 14.8 Å². The molecule has 7 heteroatoms. The first-order valence-corrected chi connectivity index (χ1v) is 8.51. The molecule has 0 atom stereocenters. The minimum Gasteiger partial charge on any atom is -0.493 e. The number of aliphatic hydroxyl groups is 1. The Labute approximate surface area is 144 Å². The van der Waals surface area contributed by atoms with Gasteiger partial charge in [-0.3, -0.25) is 0 Å². The molecular formula is C18H23F3N2O2. The van der Waals surface area contributed by atoms with E-state index < -0.39 is 17.3 Å². The first-order valence-electron chi connectivity index (χ1n) is 8.51. The van der Waals surface area contributed by atoms with Crippen LogP contribution in [0.3, 0.4) is 0 Å². The molecule has 1 aliphatic carbocycles. The average molecular weight is 356 g/mol. The molecular weight excluding hydrogens is 333 g/mol. The van der Waals surface area contributed by atoms with Crippen LogP contribution in [0.5, 0.6) is 5.75 Å². The fourth-order valence-corrected chi connectivity index (χ4v) is 3.21. The molecule has 0 unspecified atom stereocenters. The number of rotatable bonds is 5. The summed E-state index contributed by atoms with van der Waals surface area (Å²) in [5.41, 5.74) is -1.31. The van der Waals surface area contributed by atoms with Crippen LogP contribution in [0, 0.1) is 5.92 Å². The summed E-state index contributed by atoms with van der Waals surface area (Å²) in [5, 5.41) is 9.85. The molecule has 0 spiro atoms. The van der Waals surface area contributed by atoms with Crippen LogP contribution >= 0.6 is 0 Å². The highest BCUT2D eigenvalue weighted by molar-refractivity contribution is 5.81. The van der Waals surface area contributed by atoms with Crippen LogP contribution in [0.4, 0.5) is 13.2 Å². The number of aromatic amines is 1. The predicted molar refractivity (Wildman–Crippen MR) is 88.6 cm³/mol. The molecule has 0 amide bonds. The first-order chi connectivity index (χ1) is 11.5. The second-order valence-corrected chi connectivity index (χ2v) is 7.62. The number of imidazole rings is 1. The molecule has 3 rings (SSSR count). The molecule has 1 heterocycles. The number of aromatic nitrogens is 2. The fourth-order valence-electron chi connectivity index (χ4n) is 3.21. The van der Waals surface area contributed by atoms with Gasteiger partial charge in [-0.15, -0.1) is 0 Å². The number of H-pyrrole nitrogens is 1. The molecule has 2 aromatic rings. The summed E-state index contributed by atoms with van der Waals surface area (Å²) in [6.07, 6.45) is -2.75. The number of alkyl halides is 3. The number of nitrogens with one attached hydrogen (secondary N) is 1. The Kier molecular flexibility index (Phi) is 4.47. The van der Waals surface area contributed by atoms with Crippen LogP contribution in [0.1, 0.15) is 57.3 Å².